The molecule has 1 saturated heterocycles. The number of carbonyl (C=O) groups is 2. The lowest BCUT2D eigenvalue weighted by Crippen LogP contribution is -2.46. The average Bonchev–Trinajstić information content (AvgIpc) is 3.02. The van der Waals surface area contributed by atoms with E-state index in [1.54, 1.807) is 6.20 Å². The highest BCUT2D eigenvalue weighted by Gasteiger charge is 2.35. The summed E-state index contributed by atoms with van der Waals surface area (Å²) in [6.45, 7) is 2.42. The summed E-state index contributed by atoms with van der Waals surface area (Å²) in [5, 5.41) is 5.86. The zero-order chi connectivity index (χ0) is 16.5. The maximum absolute atomic E-state index is 12.6. The van der Waals surface area contributed by atoms with Crippen molar-refractivity contribution >= 4 is 11.8 Å². The number of rotatable bonds is 3. The minimum atomic E-state index is -0.106. The van der Waals surface area contributed by atoms with E-state index in [-0.39, 0.29) is 23.8 Å². The van der Waals surface area contributed by atoms with Crippen molar-refractivity contribution in [2.45, 2.75) is 51.1 Å². The molecule has 1 aromatic rings. The fourth-order valence-electron chi connectivity index (χ4n) is 3.72. The molecule has 7 nitrogen and oxygen atoms in total. The summed E-state index contributed by atoms with van der Waals surface area (Å²) in [5.41, 5.74) is 1.01. The van der Waals surface area contributed by atoms with Crippen molar-refractivity contribution in [3.8, 4) is 0 Å². The Balaban J connectivity index is 1.46. The van der Waals surface area contributed by atoms with Crippen molar-refractivity contribution in [2.75, 3.05) is 19.7 Å². The van der Waals surface area contributed by atoms with Crippen molar-refractivity contribution in [3.05, 3.63) is 18.0 Å². The van der Waals surface area contributed by atoms with Crippen molar-refractivity contribution < 1.29 is 14.4 Å². The Morgan fingerprint density at radius 3 is 2.83 bits per heavy atom. The molecular formula is C17H24N4O3. The number of fused-ring (bicyclic) bond motifs is 1. The van der Waals surface area contributed by atoms with E-state index in [1.807, 2.05) is 15.6 Å². The van der Waals surface area contributed by atoms with Crippen LogP contribution >= 0.6 is 0 Å². The fraction of sp³-hybridized carbons (Fsp3) is 0.706. The van der Waals surface area contributed by atoms with Gasteiger partial charge in [-0.05, 0) is 31.7 Å². The van der Waals surface area contributed by atoms with Crippen LogP contribution in [0.4, 0.5) is 0 Å². The monoisotopic (exact) mass is 332 g/mol. The molecule has 0 spiro atoms. The first-order valence-corrected chi connectivity index (χ1v) is 8.97. The molecule has 3 aliphatic rings. The third-order valence-corrected chi connectivity index (χ3v) is 5.34. The zero-order valence-corrected chi connectivity index (χ0v) is 13.9. The molecule has 130 valence electrons. The van der Waals surface area contributed by atoms with E-state index in [0.29, 0.717) is 32.7 Å². The Morgan fingerprint density at radius 1 is 1.25 bits per heavy atom. The highest BCUT2D eigenvalue weighted by atomic mass is 16.7. The second kappa shape index (κ2) is 6.55. The minimum Gasteiger partial charge on any atom is -0.334 e. The molecule has 0 aromatic carbocycles. The maximum atomic E-state index is 12.6. The van der Waals surface area contributed by atoms with E-state index in [4.69, 9.17) is 4.84 Å². The van der Waals surface area contributed by atoms with Gasteiger partial charge in [0, 0.05) is 25.2 Å². The maximum Gasteiger partial charge on any atom is 0.248 e. The van der Waals surface area contributed by atoms with Crippen LogP contribution in [0.1, 0.15) is 50.3 Å². The molecule has 1 aliphatic carbocycles. The van der Waals surface area contributed by atoms with Gasteiger partial charge in [-0.1, -0.05) is 6.42 Å². The standard InChI is InChI=1S/C17H24N4O3/c22-16(20-8-1-2-9-24-20)10-15-12-19(17(23)13-4-3-5-13)11-14-6-7-18-21(14)15/h6-7,13,15H,1-5,8-12H2. The molecule has 4 rings (SSSR count). The van der Waals surface area contributed by atoms with Crippen molar-refractivity contribution in [1.29, 1.82) is 0 Å². The van der Waals surface area contributed by atoms with Gasteiger partial charge in [0.15, 0.2) is 0 Å². The third-order valence-electron chi connectivity index (χ3n) is 5.34. The Kier molecular flexibility index (Phi) is 4.26. The van der Waals surface area contributed by atoms with Gasteiger partial charge in [-0.2, -0.15) is 5.10 Å². The van der Waals surface area contributed by atoms with Crippen LogP contribution in [0.2, 0.25) is 0 Å². The van der Waals surface area contributed by atoms with Gasteiger partial charge in [-0.3, -0.25) is 19.1 Å². The Morgan fingerprint density at radius 2 is 2.12 bits per heavy atom. The molecule has 3 heterocycles. The molecule has 1 saturated carbocycles. The van der Waals surface area contributed by atoms with E-state index in [2.05, 4.69) is 5.10 Å². The molecule has 0 N–H and O–H groups in total. The highest BCUT2D eigenvalue weighted by molar-refractivity contribution is 5.80. The molecular weight excluding hydrogens is 308 g/mol. The normalized spacial score (nSPS) is 24.4. The summed E-state index contributed by atoms with van der Waals surface area (Å²) in [7, 11) is 0. The molecule has 0 radical (unpaired) electrons. The van der Waals surface area contributed by atoms with Crippen molar-refractivity contribution in [1.82, 2.24) is 19.7 Å². The topological polar surface area (TPSA) is 67.7 Å². The van der Waals surface area contributed by atoms with Crippen LogP contribution in [0, 0.1) is 5.92 Å². The second-order valence-electron chi connectivity index (χ2n) is 7.01. The molecule has 7 heteroatoms. The van der Waals surface area contributed by atoms with Crippen LogP contribution in [0.15, 0.2) is 12.3 Å². The summed E-state index contributed by atoms with van der Waals surface area (Å²) in [4.78, 5) is 32.5. The van der Waals surface area contributed by atoms with E-state index in [9.17, 15) is 9.59 Å². The van der Waals surface area contributed by atoms with Crippen LogP contribution < -0.4 is 0 Å². The van der Waals surface area contributed by atoms with Gasteiger partial charge in [-0.15, -0.1) is 0 Å². The fourth-order valence-corrected chi connectivity index (χ4v) is 3.72. The van der Waals surface area contributed by atoms with E-state index >= 15 is 0 Å². The lowest BCUT2D eigenvalue weighted by atomic mass is 9.84. The Labute approximate surface area is 141 Å². The number of aromatic nitrogens is 2. The van der Waals surface area contributed by atoms with Crippen molar-refractivity contribution in [2.24, 2.45) is 5.92 Å². The van der Waals surface area contributed by atoms with Gasteiger partial charge in [-0.25, -0.2) is 5.06 Å². The number of hydroxylamine groups is 2. The SMILES string of the molecule is O=C(C1CCC1)N1Cc2ccnn2C(CC(=O)N2CCCCO2)C1. The molecule has 2 aliphatic heterocycles. The van der Waals surface area contributed by atoms with E-state index in [1.165, 1.54) is 5.06 Å². The van der Waals surface area contributed by atoms with Gasteiger partial charge in [0.05, 0.1) is 31.3 Å². The number of hydrogen-bond donors (Lipinski definition) is 0. The number of hydrogen-bond acceptors (Lipinski definition) is 4. The van der Waals surface area contributed by atoms with Crippen LogP contribution in [0.25, 0.3) is 0 Å². The summed E-state index contributed by atoms with van der Waals surface area (Å²) in [5.74, 6) is 0.403. The van der Waals surface area contributed by atoms with Gasteiger partial charge in [0.1, 0.15) is 0 Å². The minimum absolute atomic E-state index is 0.0147. The van der Waals surface area contributed by atoms with E-state index < -0.39 is 0 Å². The van der Waals surface area contributed by atoms with Gasteiger partial charge >= 0.3 is 0 Å². The quantitative estimate of drug-likeness (QED) is 0.841. The first-order valence-electron chi connectivity index (χ1n) is 8.97. The lowest BCUT2D eigenvalue weighted by molar-refractivity contribution is -0.198. The number of carbonyl (C=O) groups excluding carboxylic acids is 2. The number of amides is 2. The molecule has 1 atom stereocenters. The molecule has 24 heavy (non-hydrogen) atoms. The largest absolute Gasteiger partial charge is 0.334 e. The van der Waals surface area contributed by atoms with E-state index in [0.717, 1.165) is 37.8 Å². The smallest absolute Gasteiger partial charge is 0.248 e. The summed E-state index contributed by atoms with van der Waals surface area (Å²) >= 11 is 0. The first-order chi connectivity index (χ1) is 11.7. The molecule has 0 bridgehead atoms. The second-order valence-corrected chi connectivity index (χ2v) is 7.01. The highest BCUT2D eigenvalue weighted by Crippen LogP contribution is 2.31. The van der Waals surface area contributed by atoms with Crippen LogP contribution in [-0.2, 0) is 21.0 Å². The Bertz CT molecular complexity index is 619. The predicted molar refractivity (Wildman–Crippen MR) is 85.5 cm³/mol. The first kappa shape index (κ1) is 15.6. The molecule has 2 amide bonds. The summed E-state index contributed by atoms with van der Waals surface area (Å²) in [6.07, 6.45) is 7.20. The number of nitrogens with zero attached hydrogens (tertiary/aromatic N) is 4. The summed E-state index contributed by atoms with van der Waals surface area (Å²) < 4.78 is 1.91. The van der Waals surface area contributed by atoms with Crippen LogP contribution in [0.5, 0.6) is 0 Å². The van der Waals surface area contributed by atoms with Crippen molar-refractivity contribution in [3.63, 3.8) is 0 Å². The van der Waals surface area contributed by atoms with Gasteiger partial charge in [0.25, 0.3) is 0 Å². The van der Waals surface area contributed by atoms with Crippen LogP contribution in [-0.4, -0.2) is 51.3 Å². The average molecular weight is 332 g/mol. The zero-order valence-electron chi connectivity index (χ0n) is 13.9. The Hall–Kier alpha value is -1.89. The van der Waals surface area contributed by atoms with Gasteiger partial charge in [0.2, 0.25) is 11.8 Å². The lowest BCUT2D eigenvalue weighted by Gasteiger charge is -2.38. The summed E-state index contributed by atoms with van der Waals surface area (Å²) in [6, 6.07) is 1.83. The van der Waals surface area contributed by atoms with Gasteiger partial charge < -0.3 is 4.90 Å². The third kappa shape index (κ3) is 2.92. The van der Waals surface area contributed by atoms with Crippen LogP contribution in [0.3, 0.4) is 0 Å². The molecule has 1 unspecified atom stereocenters. The predicted octanol–water partition coefficient (Wildman–Crippen LogP) is 1.51. The molecule has 2 fully saturated rings. The molecule has 1 aromatic heterocycles.